The molecule has 3 aliphatic rings. The van der Waals surface area contributed by atoms with Crippen LogP contribution >= 0.6 is 0 Å². The number of fused-ring (bicyclic) bond motifs is 2. The Morgan fingerprint density at radius 1 is 0.939 bits per heavy atom. The highest BCUT2D eigenvalue weighted by atomic mass is 15.2. The van der Waals surface area contributed by atoms with Crippen LogP contribution in [-0.4, -0.2) is 51.1 Å². The number of pyridine rings is 2. The highest BCUT2D eigenvalue weighted by molar-refractivity contribution is 5.97. The van der Waals surface area contributed by atoms with E-state index >= 15 is 0 Å². The maximum atomic E-state index is 5.25. The first kappa shape index (κ1) is 19.4. The van der Waals surface area contributed by atoms with Crippen molar-refractivity contribution in [1.29, 1.82) is 0 Å². The average Bonchev–Trinajstić information content (AvgIpc) is 3.20. The minimum atomic E-state index is 0.583. The zero-order valence-electron chi connectivity index (χ0n) is 18.8. The molecule has 2 aliphatic carbocycles. The van der Waals surface area contributed by atoms with E-state index in [2.05, 4.69) is 43.5 Å². The van der Waals surface area contributed by atoms with Crippen LogP contribution in [0.5, 0.6) is 0 Å². The monoisotopic (exact) mass is 439 g/mol. The van der Waals surface area contributed by atoms with E-state index in [0.29, 0.717) is 11.8 Å². The van der Waals surface area contributed by atoms with Crippen molar-refractivity contribution in [2.45, 2.75) is 50.4 Å². The van der Waals surface area contributed by atoms with Crippen molar-refractivity contribution in [2.24, 2.45) is 0 Å². The van der Waals surface area contributed by atoms with Crippen LogP contribution in [0.1, 0.15) is 61.6 Å². The first-order valence-electron chi connectivity index (χ1n) is 12.4. The fraction of sp³-hybridized carbons (Fsp3) is 0.462. The average molecular weight is 440 g/mol. The number of nitrogens with zero attached hydrogens (tertiary/aromatic N) is 5. The van der Waals surface area contributed by atoms with E-state index in [1.165, 1.54) is 55.2 Å². The van der Waals surface area contributed by atoms with Crippen LogP contribution < -0.4 is 10.2 Å². The van der Waals surface area contributed by atoms with E-state index in [0.717, 1.165) is 59.9 Å². The fourth-order valence-electron chi connectivity index (χ4n) is 5.52. The van der Waals surface area contributed by atoms with Crippen molar-refractivity contribution in [2.75, 3.05) is 31.1 Å². The van der Waals surface area contributed by atoms with Crippen molar-refractivity contribution < 1.29 is 0 Å². The van der Waals surface area contributed by atoms with Gasteiger partial charge in [-0.15, -0.1) is 0 Å². The lowest BCUT2D eigenvalue weighted by Crippen LogP contribution is -2.44. The Morgan fingerprint density at radius 2 is 1.76 bits per heavy atom. The fourth-order valence-corrected chi connectivity index (χ4v) is 5.52. The van der Waals surface area contributed by atoms with Crippen LogP contribution in [0.3, 0.4) is 0 Å². The smallest absolute Gasteiger partial charge is 0.163 e. The molecule has 0 amide bonds. The standard InChI is InChI=1S/C26H29N7/c1-3-16(4-1)20-14-28-15-22-23(20)26(33-11-9-27-10-12-33)32-25(31-22)18-7-8-29-24-19(18)13-21(30-24)17-5-2-6-17/h7-8,13-17,27H,1-6,9-12H2,(H,29,30). The van der Waals surface area contributed by atoms with Crippen molar-refractivity contribution in [3.05, 3.63) is 42.0 Å². The van der Waals surface area contributed by atoms with Crippen molar-refractivity contribution >= 4 is 27.8 Å². The molecule has 0 bridgehead atoms. The van der Waals surface area contributed by atoms with Gasteiger partial charge in [0, 0.05) is 60.6 Å². The topological polar surface area (TPSA) is 82.6 Å². The quantitative estimate of drug-likeness (QED) is 0.487. The molecule has 0 atom stereocenters. The lowest BCUT2D eigenvalue weighted by Gasteiger charge is -2.32. The molecule has 33 heavy (non-hydrogen) atoms. The Kier molecular flexibility index (Phi) is 4.57. The van der Waals surface area contributed by atoms with Crippen molar-refractivity contribution in [1.82, 2.24) is 30.2 Å². The third kappa shape index (κ3) is 3.21. The Hall–Kier alpha value is -3.06. The summed E-state index contributed by atoms with van der Waals surface area (Å²) in [5, 5.41) is 5.80. The van der Waals surface area contributed by atoms with Gasteiger partial charge in [0.2, 0.25) is 0 Å². The second-order valence-electron chi connectivity index (χ2n) is 9.83. The molecule has 5 heterocycles. The minimum absolute atomic E-state index is 0.583. The van der Waals surface area contributed by atoms with Crippen molar-refractivity contribution in [3.63, 3.8) is 0 Å². The largest absolute Gasteiger partial charge is 0.353 e. The Labute approximate surface area is 193 Å². The summed E-state index contributed by atoms with van der Waals surface area (Å²) in [6.45, 7) is 3.87. The number of aromatic nitrogens is 5. The molecule has 0 spiro atoms. The number of hydrogen-bond acceptors (Lipinski definition) is 6. The zero-order valence-corrected chi connectivity index (χ0v) is 18.8. The molecule has 0 radical (unpaired) electrons. The van der Waals surface area contributed by atoms with Gasteiger partial charge in [-0.1, -0.05) is 12.8 Å². The third-order valence-electron chi connectivity index (χ3n) is 7.92. The van der Waals surface area contributed by atoms with Crippen LogP contribution in [-0.2, 0) is 0 Å². The van der Waals surface area contributed by atoms with E-state index in [1.54, 1.807) is 0 Å². The first-order chi connectivity index (χ1) is 16.3. The zero-order chi connectivity index (χ0) is 21.8. The normalized spacial score (nSPS) is 19.7. The summed E-state index contributed by atoms with van der Waals surface area (Å²) in [7, 11) is 0. The Morgan fingerprint density at radius 3 is 2.52 bits per heavy atom. The second-order valence-corrected chi connectivity index (χ2v) is 9.83. The maximum absolute atomic E-state index is 5.25. The number of H-pyrrole nitrogens is 1. The second kappa shape index (κ2) is 7.76. The summed E-state index contributed by atoms with van der Waals surface area (Å²) in [6, 6.07) is 4.34. The van der Waals surface area contributed by atoms with Gasteiger partial charge in [0.05, 0.1) is 11.7 Å². The van der Waals surface area contributed by atoms with Gasteiger partial charge in [-0.3, -0.25) is 4.98 Å². The van der Waals surface area contributed by atoms with E-state index < -0.39 is 0 Å². The lowest BCUT2D eigenvalue weighted by atomic mass is 9.79. The summed E-state index contributed by atoms with van der Waals surface area (Å²) in [5.74, 6) is 3.06. The first-order valence-corrected chi connectivity index (χ1v) is 12.4. The Balaban J connectivity index is 1.43. The number of aromatic amines is 1. The predicted molar refractivity (Wildman–Crippen MR) is 131 cm³/mol. The molecular weight excluding hydrogens is 410 g/mol. The van der Waals surface area contributed by atoms with E-state index in [1.807, 2.05) is 12.4 Å². The molecule has 168 valence electrons. The van der Waals surface area contributed by atoms with Gasteiger partial charge in [-0.2, -0.15) is 0 Å². The van der Waals surface area contributed by atoms with Gasteiger partial charge < -0.3 is 15.2 Å². The molecule has 7 heteroatoms. The van der Waals surface area contributed by atoms with E-state index in [9.17, 15) is 0 Å². The molecule has 4 aromatic rings. The molecule has 1 saturated heterocycles. The molecule has 2 saturated carbocycles. The molecule has 1 aliphatic heterocycles. The van der Waals surface area contributed by atoms with Gasteiger partial charge in [0.15, 0.2) is 5.82 Å². The number of nitrogens with one attached hydrogen (secondary N) is 2. The molecule has 0 aromatic carbocycles. The molecule has 7 nitrogen and oxygen atoms in total. The third-order valence-corrected chi connectivity index (χ3v) is 7.92. The number of piperazine rings is 1. The summed E-state index contributed by atoms with van der Waals surface area (Å²) in [6.07, 6.45) is 13.5. The molecule has 2 N–H and O–H groups in total. The molecule has 4 aromatic heterocycles. The van der Waals surface area contributed by atoms with Crippen LogP contribution in [0, 0.1) is 0 Å². The molecule has 3 fully saturated rings. The van der Waals surface area contributed by atoms with Crippen LogP contribution in [0.25, 0.3) is 33.3 Å². The van der Waals surface area contributed by atoms with Crippen LogP contribution in [0.4, 0.5) is 5.82 Å². The van der Waals surface area contributed by atoms with E-state index in [-0.39, 0.29) is 0 Å². The SMILES string of the molecule is c1cc(-c2nc(N3CCNCC3)c3c(C4CCC4)cncc3n2)c2cc(C3CCC3)[nH]c2n1. The number of hydrogen-bond donors (Lipinski definition) is 2. The van der Waals surface area contributed by atoms with Gasteiger partial charge in [0.1, 0.15) is 11.5 Å². The number of rotatable bonds is 4. The van der Waals surface area contributed by atoms with E-state index in [4.69, 9.17) is 9.97 Å². The lowest BCUT2D eigenvalue weighted by molar-refractivity contribution is 0.413. The molecule has 7 rings (SSSR count). The summed E-state index contributed by atoms with van der Waals surface area (Å²) in [4.78, 5) is 25.6. The van der Waals surface area contributed by atoms with Gasteiger partial charge in [0.25, 0.3) is 0 Å². The van der Waals surface area contributed by atoms with Gasteiger partial charge in [-0.05, 0) is 55.2 Å². The maximum Gasteiger partial charge on any atom is 0.163 e. The van der Waals surface area contributed by atoms with Gasteiger partial charge in [-0.25, -0.2) is 15.0 Å². The minimum Gasteiger partial charge on any atom is -0.353 e. The summed E-state index contributed by atoms with van der Waals surface area (Å²) < 4.78 is 0. The Bertz CT molecular complexity index is 1330. The highest BCUT2D eigenvalue weighted by Crippen LogP contribution is 2.43. The molecular formula is C26H29N7. The molecule has 0 unspecified atom stereocenters. The predicted octanol–water partition coefficient (Wildman–Crippen LogP) is 4.51. The number of anilines is 1. The van der Waals surface area contributed by atoms with Crippen LogP contribution in [0.2, 0.25) is 0 Å². The summed E-state index contributed by atoms with van der Waals surface area (Å²) in [5.41, 5.74) is 5.57. The van der Waals surface area contributed by atoms with Crippen molar-refractivity contribution in [3.8, 4) is 11.4 Å². The van der Waals surface area contributed by atoms with Crippen LogP contribution in [0.15, 0.2) is 30.7 Å². The van der Waals surface area contributed by atoms with Gasteiger partial charge >= 0.3 is 0 Å². The summed E-state index contributed by atoms with van der Waals surface area (Å²) >= 11 is 0. The highest BCUT2D eigenvalue weighted by Gasteiger charge is 2.27.